The summed E-state index contributed by atoms with van der Waals surface area (Å²) in [7, 11) is 1.98. The summed E-state index contributed by atoms with van der Waals surface area (Å²) in [6.07, 6.45) is 3.87. The van der Waals surface area contributed by atoms with E-state index in [4.69, 9.17) is 9.84 Å². The van der Waals surface area contributed by atoms with Crippen LogP contribution in [0.3, 0.4) is 0 Å². The number of ether oxygens (including phenoxy) is 1. The van der Waals surface area contributed by atoms with Gasteiger partial charge >= 0.3 is 5.97 Å². The van der Waals surface area contributed by atoms with Gasteiger partial charge in [-0.05, 0) is 13.5 Å². The zero-order valence-corrected chi connectivity index (χ0v) is 9.00. The highest BCUT2D eigenvalue weighted by Crippen LogP contribution is 2.09. The highest BCUT2D eigenvalue weighted by Gasteiger charge is 2.18. The average molecular weight is 222 g/mol. The molecule has 0 aromatic heterocycles. The fourth-order valence-electron chi connectivity index (χ4n) is 1.34. The largest absolute Gasteiger partial charge is 0.478 e. The fraction of sp³-hybridized carbons (Fsp3) is 0.667. The van der Waals surface area contributed by atoms with E-state index in [2.05, 4.69) is 4.90 Å². The summed E-state index contributed by atoms with van der Waals surface area (Å²) >= 11 is 0. The lowest BCUT2D eigenvalue weighted by molar-refractivity contribution is -0.131. The Bertz CT molecular complexity index is 202. The maximum absolute atomic E-state index is 10.2. The SMILES string of the molecule is CN(C/C=C/C(=O)O)[C@@H]1CCOC1.Cl. The summed E-state index contributed by atoms with van der Waals surface area (Å²) < 4.78 is 5.22. The Morgan fingerprint density at radius 3 is 2.93 bits per heavy atom. The zero-order valence-electron chi connectivity index (χ0n) is 8.18. The third kappa shape index (κ3) is 4.60. The molecule has 0 aromatic carbocycles. The van der Waals surface area contributed by atoms with Crippen molar-refractivity contribution in [3.05, 3.63) is 12.2 Å². The van der Waals surface area contributed by atoms with E-state index in [9.17, 15) is 4.79 Å². The summed E-state index contributed by atoms with van der Waals surface area (Å²) in [5.41, 5.74) is 0. The van der Waals surface area contributed by atoms with Crippen LogP contribution in [0.15, 0.2) is 12.2 Å². The van der Waals surface area contributed by atoms with Crippen molar-refractivity contribution in [3.63, 3.8) is 0 Å². The van der Waals surface area contributed by atoms with Crippen LogP contribution in [0.4, 0.5) is 0 Å². The molecule has 0 aromatic rings. The lowest BCUT2D eigenvalue weighted by Gasteiger charge is -2.20. The van der Waals surface area contributed by atoms with Crippen LogP contribution in [0.1, 0.15) is 6.42 Å². The number of carbonyl (C=O) groups is 1. The summed E-state index contributed by atoms with van der Waals surface area (Å²) in [5, 5.41) is 8.36. The molecule has 4 nitrogen and oxygen atoms in total. The fourth-order valence-corrected chi connectivity index (χ4v) is 1.34. The van der Waals surface area contributed by atoms with Gasteiger partial charge in [-0.1, -0.05) is 6.08 Å². The van der Waals surface area contributed by atoms with Gasteiger partial charge in [-0.15, -0.1) is 12.4 Å². The van der Waals surface area contributed by atoms with Crippen LogP contribution in [0.2, 0.25) is 0 Å². The predicted octanol–water partition coefficient (Wildman–Crippen LogP) is 0.770. The smallest absolute Gasteiger partial charge is 0.328 e. The van der Waals surface area contributed by atoms with Crippen LogP contribution in [-0.4, -0.2) is 48.8 Å². The molecule has 0 amide bonds. The molecule has 82 valence electrons. The molecule has 1 aliphatic rings. The first-order valence-corrected chi connectivity index (χ1v) is 4.37. The number of likely N-dealkylation sites (N-methyl/N-ethyl adjacent to an activating group) is 1. The normalized spacial score (nSPS) is 21.4. The molecular weight excluding hydrogens is 206 g/mol. The van der Waals surface area contributed by atoms with Crippen molar-refractivity contribution >= 4 is 18.4 Å². The maximum atomic E-state index is 10.2. The topological polar surface area (TPSA) is 49.8 Å². The summed E-state index contributed by atoms with van der Waals surface area (Å²) in [4.78, 5) is 12.3. The molecule has 5 heteroatoms. The second-order valence-electron chi connectivity index (χ2n) is 3.20. The van der Waals surface area contributed by atoms with Gasteiger partial charge in [0.05, 0.1) is 6.61 Å². The van der Waals surface area contributed by atoms with E-state index in [0.717, 1.165) is 19.6 Å². The van der Waals surface area contributed by atoms with E-state index >= 15 is 0 Å². The second kappa shape index (κ2) is 6.81. The van der Waals surface area contributed by atoms with Gasteiger partial charge in [0.15, 0.2) is 0 Å². The van der Waals surface area contributed by atoms with Crippen molar-refractivity contribution in [3.8, 4) is 0 Å². The minimum absolute atomic E-state index is 0. The average Bonchev–Trinajstić information content (AvgIpc) is 2.55. The lowest BCUT2D eigenvalue weighted by atomic mass is 10.2. The van der Waals surface area contributed by atoms with E-state index in [0.29, 0.717) is 12.6 Å². The Morgan fingerprint density at radius 2 is 2.43 bits per heavy atom. The number of carboxylic acids is 1. The number of rotatable bonds is 4. The van der Waals surface area contributed by atoms with Crippen molar-refractivity contribution in [2.24, 2.45) is 0 Å². The Kier molecular flexibility index (Phi) is 6.53. The second-order valence-corrected chi connectivity index (χ2v) is 3.20. The van der Waals surface area contributed by atoms with Gasteiger partial charge in [-0.3, -0.25) is 4.90 Å². The maximum Gasteiger partial charge on any atom is 0.328 e. The minimum atomic E-state index is -0.893. The van der Waals surface area contributed by atoms with Crippen LogP contribution >= 0.6 is 12.4 Å². The molecule has 1 rings (SSSR count). The standard InChI is InChI=1S/C9H15NO3.ClH/c1-10(5-2-3-9(11)12)8-4-6-13-7-8;/h2-3,8H,4-7H2,1H3,(H,11,12);1H/b3-2+;/t8-;/m1./s1. The summed E-state index contributed by atoms with van der Waals surface area (Å²) in [6.45, 7) is 2.25. The highest BCUT2D eigenvalue weighted by molar-refractivity contribution is 5.85. The van der Waals surface area contributed by atoms with Gasteiger partial charge in [-0.25, -0.2) is 4.79 Å². The number of hydrogen-bond donors (Lipinski definition) is 1. The molecule has 0 bridgehead atoms. The Balaban J connectivity index is 0.00000169. The monoisotopic (exact) mass is 221 g/mol. The number of aliphatic carboxylic acids is 1. The number of carboxylic acid groups (broad SMARTS) is 1. The van der Waals surface area contributed by atoms with Crippen molar-refractivity contribution < 1.29 is 14.6 Å². The van der Waals surface area contributed by atoms with Crippen molar-refractivity contribution in [1.82, 2.24) is 4.90 Å². The molecule has 1 aliphatic heterocycles. The highest BCUT2D eigenvalue weighted by atomic mass is 35.5. The minimum Gasteiger partial charge on any atom is -0.478 e. The number of nitrogens with zero attached hydrogens (tertiary/aromatic N) is 1. The number of halogens is 1. The van der Waals surface area contributed by atoms with Gasteiger partial charge in [0.2, 0.25) is 0 Å². The Morgan fingerprint density at radius 1 is 1.71 bits per heavy atom. The molecule has 0 aliphatic carbocycles. The summed E-state index contributed by atoms with van der Waals surface area (Å²) in [5.74, 6) is -0.893. The molecule has 0 radical (unpaired) electrons. The molecule has 1 fully saturated rings. The van der Waals surface area contributed by atoms with Crippen LogP contribution in [0, 0.1) is 0 Å². The molecule has 1 atom stereocenters. The van der Waals surface area contributed by atoms with Gasteiger partial charge in [0.25, 0.3) is 0 Å². The third-order valence-electron chi connectivity index (χ3n) is 2.18. The van der Waals surface area contributed by atoms with Crippen LogP contribution in [-0.2, 0) is 9.53 Å². The first-order valence-electron chi connectivity index (χ1n) is 4.37. The molecule has 0 saturated carbocycles. The third-order valence-corrected chi connectivity index (χ3v) is 2.18. The number of hydrogen-bond acceptors (Lipinski definition) is 3. The summed E-state index contributed by atoms with van der Waals surface area (Å²) in [6, 6.07) is 0.443. The van der Waals surface area contributed by atoms with E-state index in [1.54, 1.807) is 6.08 Å². The molecular formula is C9H16ClNO3. The zero-order chi connectivity index (χ0) is 9.68. The van der Waals surface area contributed by atoms with E-state index in [1.165, 1.54) is 6.08 Å². The molecule has 0 unspecified atom stereocenters. The first kappa shape index (κ1) is 13.4. The quantitative estimate of drug-likeness (QED) is 0.713. The molecule has 0 spiro atoms. The molecule has 1 saturated heterocycles. The Labute approximate surface area is 89.9 Å². The predicted molar refractivity (Wildman–Crippen MR) is 55.9 cm³/mol. The molecule has 1 N–H and O–H groups in total. The van der Waals surface area contributed by atoms with E-state index in [-0.39, 0.29) is 12.4 Å². The van der Waals surface area contributed by atoms with Crippen LogP contribution in [0.5, 0.6) is 0 Å². The molecule has 1 heterocycles. The van der Waals surface area contributed by atoms with Gasteiger partial charge in [-0.2, -0.15) is 0 Å². The Hall–Kier alpha value is -0.580. The first-order chi connectivity index (χ1) is 6.20. The van der Waals surface area contributed by atoms with Crippen molar-refractivity contribution in [2.75, 3.05) is 26.8 Å². The van der Waals surface area contributed by atoms with Crippen LogP contribution in [0.25, 0.3) is 0 Å². The van der Waals surface area contributed by atoms with Gasteiger partial charge in [0.1, 0.15) is 0 Å². The van der Waals surface area contributed by atoms with Crippen molar-refractivity contribution in [1.29, 1.82) is 0 Å². The van der Waals surface area contributed by atoms with E-state index in [1.807, 2.05) is 7.05 Å². The van der Waals surface area contributed by atoms with Crippen molar-refractivity contribution in [2.45, 2.75) is 12.5 Å². The molecule has 14 heavy (non-hydrogen) atoms. The lowest BCUT2D eigenvalue weighted by Crippen LogP contribution is -2.31. The van der Waals surface area contributed by atoms with E-state index < -0.39 is 5.97 Å². The van der Waals surface area contributed by atoms with Gasteiger partial charge in [0, 0.05) is 25.3 Å². The van der Waals surface area contributed by atoms with Gasteiger partial charge < -0.3 is 9.84 Å². The van der Waals surface area contributed by atoms with Crippen LogP contribution < -0.4 is 0 Å².